The molecule has 1 amide bonds. The number of primary amides is 1. The van der Waals surface area contributed by atoms with Crippen molar-refractivity contribution in [3.8, 4) is 5.75 Å². The Morgan fingerprint density at radius 2 is 1.68 bits per heavy atom. The van der Waals surface area contributed by atoms with Crippen molar-refractivity contribution in [2.45, 2.75) is 56.7 Å². The first-order valence-electron chi connectivity index (χ1n) is 14.1. The van der Waals surface area contributed by atoms with Crippen LogP contribution in [0.4, 0.5) is 0 Å². The maximum atomic E-state index is 14.0. The van der Waals surface area contributed by atoms with Gasteiger partial charge < -0.3 is 26.2 Å². The molecule has 5 aliphatic rings. The fraction of sp³-hybridized carbons (Fsp3) is 0.567. The highest BCUT2D eigenvalue weighted by Gasteiger charge is 2.64. The van der Waals surface area contributed by atoms with E-state index in [1.807, 2.05) is 6.07 Å². The SMILES string of the molecule is CN(C)[C@H]1C(=O)C(C(N)=O)=C(O)[C@@]2(O)C(=O)C3=C(O)c4c(O)ccc(CN(CC5CC5)CC5CC5)c4C[C@H]3C[C@@H]12. The van der Waals surface area contributed by atoms with Crippen LogP contribution in [0.25, 0.3) is 5.76 Å². The molecule has 0 spiro atoms. The van der Waals surface area contributed by atoms with E-state index in [4.69, 9.17) is 5.73 Å². The van der Waals surface area contributed by atoms with E-state index < -0.39 is 58.0 Å². The van der Waals surface area contributed by atoms with E-state index in [1.165, 1.54) is 36.6 Å². The lowest BCUT2D eigenvalue weighted by atomic mass is 9.57. The third-order valence-electron chi connectivity index (χ3n) is 9.52. The van der Waals surface area contributed by atoms with E-state index in [1.54, 1.807) is 14.1 Å². The number of phenols is 1. The number of ketones is 2. The van der Waals surface area contributed by atoms with Crippen molar-refractivity contribution in [1.82, 2.24) is 9.80 Å². The number of hydrogen-bond acceptors (Lipinski definition) is 9. The number of aromatic hydroxyl groups is 1. The number of nitrogens with two attached hydrogens (primary N) is 1. The third kappa shape index (κ3) is 4.15. The molecule has 40 heavy (non-hydrogen) atoms. The van der Waals surface area contributed by atoms with Crippen LogP contribution in [0, 0.1) is 23.7 Å². The summed E-state index contributed by atoms with van der Waals surface area (Å²) in [6, 6.07) is 2.31. The average Bonchev–Trinajstić information content (AvgIpc) is 3.80. The summed E-state index contributed by atoms with van der Waals surface area (Å²) >= 11 is 0. The van der Waals surface area contributed by atoms with Gasteiger partial charge in [0.1, 0.15) is 22.8 Å². The number of likely N-dealkylation sites (N-methyl/N-ethyl adjacent to an activating group) is 1. The second-order valence-electron chi connectivity index (χ2n) is 12.6. The zero-order valence-corrected chi connectivity index (χ0v) is 22.9. The number of rotatable bonds is 8. The van der Waals surface area contributed by atoms with E-state index in [0.717, 1.165) is 24.2 Å². The van der Waals surface area contributed by atoms with Crippen molar-refractivity contribution < 1.29 is 34.8 Å². The predicted octanol–water partition coefficient (Wildman–Crippen LogP) is 1.59. The molecule has 4 atom stereocenters. The molecule has 6 rings (SSSR count). The number of benzene rings is 1. The van der Waals surface area contributed by atoms with Crippen molar-refractivity contribution in [1.29, 1.82) is 0 Å². The lowest BCUT2D eigenvalue weighted by Crippen LogP contribution is -2.65. The fourth-order valence-corrected chi connectivity index (χ4v) is 7.23. The summed E-state index contributed by atoms with van der Waals surface area (Å²) in [7, 11) is 3.19. The highest BCUT2D eigenvalue weighted by molar-refractivity contribution is 6.24. The maximum Gasteiger partial charge on any atom is 0.255 e. The van der Waals surface area contributed by atoms with Gasteiger partial charge in [-0.05, 0) is 87.6 Å². The van der Waals surface area contributed by atoms with Crippen LogP contribution >= 0.6 is 0 Å². The number of Topliss-reactive ketones (excluding diaryl/α,β-unsaturated/α-hetero) is 2. The standard InChI is InChI=1S/C30H37N3O7/c1-32(2)24-19-10-17-9-18-16(13-33(11-14-3-4-14)12-15-5-6-15)7-8-20(34)22(18)25(35)21(17)27(37)30(19,40)28(38)23(26(24)36)29(31)39/h7-8,14-15,17,19,24,34-35,38,40H,3-6,9-13H2,1-2H3,(H2,31,39)/t17-,19-,24+,30-/m0/s1. The normalized spacial score (nSPS) is 30.1. The molecular weight excluding hydrogens is 514 g/mol. The predicted molar refractivity (Wildman–Crippen MR) is 145 cm³/mol. The second kappa shape index (κ2) is 9.43. The Morgan fingerprint density at radius 1 is 1.05 bits per heavy atom. The molecule has 1 aromatic carbocycles. The fourth-order valence-electron chi connectivity index (χ4n) is 7.23. The zero-order chi connectivity index (χ0) is 28.7. The molecule has 0 aromatic heterocycles. The van der Waals surface area contributed by atoms with Gasteiger partial charge >= 0.3 is 0 Å². The lowest BCUT2D eigenvalue weighted by molar-refractivity contribution is -0.153. The van der Waals surface area contributed by atoms with Gasteiger partial charge in [0.2, 0.25) is 5.78 Å². The van der Waals surface area contributed by atoms with Crippen LogP contribution in [0.15, 0.2) is 29.0 Å². The summed E-state index contributed by atoms with van der Waals surface area (Å²) in [4.78, 5) is 43.4. The number of nitrogens with zero attached hydrogens (tertiary/aromatic N) is 2. The van der Waals surface area contributed by atoms with Crippen LogP contribution in [-0.2, 0) is 27.3 Å². The van der Waals surface area contributed by atoms with Crippen molar-refractivity contribution >= 4 is 23.2 Å². The summed E-state index contributed by atoms with van der Waals surface area (Å²) in [6.07, 6.45) is 5.36. The Kier molecular flexibility index (Phi) is 6.36. The van der Waals surface area contributed by atoms with Crippen LogP contribution in [0.5, 0.6) is 5.75 Å². The highest BCUT2D eigenvalue weighted by Crippen LogP contribution is 2.53. The smallest absolute Gasteiger partial charge is 0.255 e. The molecular formula is C30H37N3O7. The number of aliphatic hydroxyl groups is 3. The average molecular weight is 552 g/mol. The third-order valence-corrected chi connectivity index (χ3v) is 9.52. The largest absolute Gasteiger partial charge is 0.508 e. The van der Waals surface area contributed by atoms with Gasteiger partial charge in [-0.2, -0.15) is 0 Å². The minimum absolute atomic E-state index is 0.0920. The number of aliphatic hydroxyl groups excluding tert-OH is 2. The van der Waals surface area contributed by atoms with Crippen LogP contribution in [0.2, 0.25) is 0 Å². The molecule has 1 aromatic rings. The van der Waals surface area contributed by atoms with E-state index in [0.29, 0.717) is 24.8 Å². The summed E-state index contributed by atoms with van der Waals surface area (Å²) in [5.41, 5.74) is 3.72. The number of amides is 1. The molecule has 0 heterocycles. The second-order valence-corrected chi connectivity index (χ2v) is 12.6. The summed E-state index contributed by atoms with van der Waals surface area (Å²) < 4.78 is 0. The summed E-state index contributed by atoms with van der Waals surface area (Å²) in [6.45, 7) is 2.68. The first-order chi connectivity index (χ1) is 18.9. The zero-order valence-electron chi connectivity index (χ0n) is 22.9. The Balaban J connectivity index is 1.44. The Morgan fingerprint density at radius 3 is 2.23 bits per heavy atom. The lowest BCUT2D eigenvalue weighted by Gasteiger charge is -2.50. The van der Waals surface area contributed by atoms with Crippen molar-refractivity contribution in [3.63, 3.8) is 0 Å². The maximum absolute atomic E-state index is 14.0. The molecule has 6 N–H and O–H groups in total. The number of phenolic OH excluding ortho intramolecular Hbond substituents is 1. The van der Waals surface area contributed by atoms with Gasteiger partial charge in [-0.15, -0.1) is 0 Å². The van der Waals surface area contributed by atoms with Gasteiger partial charge in [-0.1, -0.05) is 6.07 Å². The van der Waals surface area contributed by atoms with Gasteiger partial charge in [0, 0.05) is 31.1 Å². The highest BCUT2D eigenvalue weighted by atomic mass is 16.3. The van der Waals surface area contributed by atoms with Gasteiger partial charge in [0.15, 0.2) is 11.4 Å². The molecule has 3 saturated carbocycles. The molecule has 3 fully saturated rings. The molecule has 10 nitrogen and oxygen atoms in total. The van der Waals surface area contributed by atoms with Crippen LogP contribution in [0.1, 0.15) is 48.8 Å². The minimum atomic E-state index is -2.62. The number of hydrogen-bond donors (Lipinski definition) is 5. The Labute approximate surface area is 232 Å². The topological polar surface area (TPSA) is 165 Å². The van der Waals surface area contributed by atoms with Crippen LogP contribution < -0.4 is 5.73 Å². The summed E-state index contributed by atoms with van der Waals surface area (Å²) in [5.74, 6) is -4.89. The molecule has 0 unspecified atom stereocenters. The Bertz CT molecular complexity index is 1360. The van der Waals surface area contributed by atoms with E-state index in [2.05, 4.69) is 4.90 Å². The molecule has 5 aliphatic carbocycles. The van der Waals surface area contributed by atoms with Crippen molar-refractivity contribution in [2.24, 2.45) is 29.4 Å². The first-order valence-corrected chi connectivity index (χ1v) is 14.1. The monoisotopic (exact) mass is 551 g/mol. The quantitative estimate of drug-likeness (QED) is 0.302. The van der Waals surface area contributed by atoms with E-state index in [-0.39, 0.29) is 23.3 Å². The van der Waals surface area contributed by atoms with Crippen molar-refractivity contribution in [2.75, 3.05) is 27.2 Å². The molecule has 10 heteroatoms. The van der Waals surface area contributed by atoms with Crippen LogP contribution in [0.3, 0.4) is 0 Å². The molecule has 0 saturated heterocycles. The molecule has 0 radical (unpaired) electrons. The number of carbonyl (C=O) groups is 3. The summed E-state index contributed by atoms with van der Waals surface area (Å²) in [5, 5.41) is 45.0. The van der Waals surface area contributed by atoms with Gasteiger partial charge in [-0.3, -0.25) is 24.2 Å². The Hall–Kier alpha value is -3.21. The van der Waals surface area contributed by atoms with Gasteiger partial charge in [0.25, 0.3) is 5.91 Å². The molecule has 214 valence electrons. The van der Waals surface area contributed by atoms with E-state index in [9.17, 15) is 34.8 Å². The number of carbonyl (C=O) groups excluding carboxylic acids is 3. The van der Waals surface area contributed by atoms with Crippen LogP contribution in [-0.4, -0.2) is 86.5 Å². The van der Waals surface area contributed by atoms with Crippen molar-refractivity contribution in [3.05, 3.63) is 45.7 Å². The number of fused-ring (bicyclic) bond motifs is 3. The molecule has 0 aliphatic heterocycles. The van der Waals surface area contributed by atoms with Gasteiger partial charge in [-0.25, -0.2) is 0 Å². The molecule has 0 bridgehead atoms. The van der Waals surface area contributed by atoms with E-state index >= 15 is 0 Å². The van der Waals surface area contributed by atoms with Gasteiger partial charge in [0.05, 0.1) is 11.6 Å². The first kappa shape index (κ1) is 27.0. The minimum Gasteiger partial charge on any atom is -0.508 e.